The van der Waals surface area contributed by atoms with Crippen LogP contribution in [0.5, 0.6) is 0 Å². The van der Waals surface area contributed by atoms with Crippen molar-refractivity contribution in [3.8, 4) is 11.4 Å². The third-order valence-electron chi connectivity index (χ3n) is 4.69. The Morgan fingerprint density at radius 1 is 1.23 bits per heavy atom. The Balaban J connectivity index is 2.17. The molecular weight excluding hydrogens is 404 g/mol. The minimum absolute atomic E-state index is 0.0745. The molecule has 9 heteroatoms. The molecule has 0 aliphatic rings. The molecule has 3 rings (SSSR count). The Morgan fingerprint density at radius 3 is 2.57 bits per heavy atom. The first-order valence-electron chi connectivity index (χ1n) is 9.62. The van der Waals surface area contributed by atoms with Crippen molar-refractivity contribution in [2.45, 2.75) is 19.9 Å². The van der Waals surface area contributed by atoms with Crippen LogP contribution in [0.1, 0.15) is 24.2 Å². The number of nitrogens with zero attached hydrogens (tertiary/aromatic N) is 2. The summed E-state index contributed by atoms with van der Waals surface area (Å²) < 4.78 is 33.6. The Kier molecular flexibility index (Phi) is 6.42. The third-order valence-corrected chi connectivity index (χ3v) is 6.00. The van der Waals surface area contributed by atoms with Crippen LogP contribution in [0.3, 0.4) is 0 Å². The number of carbonyl (C=O) groups is 1. The van der Waals surface area contributed by atoms with Crippen LogP contribution in [0.15, 0.2) is 42.5 Å². The Bertz CT molecular complexity index is 1160. The first kappa shape index (κ1) is 21.8. The maximum atomic E-state index is 13.0. The van der Waals surface area contributed by atoms with Crippen molar-refractivity contribution < 1.29 is 17.9 Å². The first-order valence-corrected chi connectivity index (χ1v) is 11.3. The molecule has 160 valence electrons. The molecule has 1 aromatic heterocycles. The Hall–Kier alpha value is -2.91. The number of amides is 1. The van der Waals surface area contributed by atoms with Crippen LogP contribution in [0.2, 0.25) is 0 Å². The van der Waals surface area contributed by atoms with Gasteiger partial charge in [-0.15, -0.1) is 0 Å². The molecule has 1 atom stereocenters. The number of hydrogen-bond acceptors (Lipinski definition) is 5. The number of benzene rings is 2. The van der Waals surface area contributed by atoms with Gasteiger partial charge in [0, 0.05) is 25.8 Å². The molecule has 0 saturated carbocycles. The summed E-state index contributed by atoms with van der Waals surface area (Å²) in [5, 5.41) is 2.89. The van der Waals surface area contributed by atoms with Gasteiger partial charge in [0.25, 0.3) is 5.91 Å². The number of fused-ring (bicyclic) bond motifs is 1. The van der Waals surface area contributed by atoms with E-state index in [1.54, 1.807) is 26.2 Å². The second-order valence-electron chi connectivity index (χ2n) is 7.09. The molecule has 2 N–H and O–H groups in total. The van der Waals surface area contributed by atoms with E-state index >= 15 is 0 Å². The van der Waals surface area contributed by atoms with Crippen LogP contribution in [0.4, 0.5) is 5.69 Å². The normalized spacial score (nSPS) is 12.7. The van der Waals surface area contributed by atoms with E-state index in [1.165, 1.54) is 0 Å². The number of ether oxygens (including phenoxy) is 1. The van der Waals surface area contributed by atoms with Gasteiger partial charge in [-0.2, -0.15) is 0 Å². The van der Waals surface area contributed by atoms with Crippen molar-refractivity contribution in [1.82, 2.24) is 14.9 Å². The van der Waals surface area contributed by atoms with E-state index in [4.69, 9.17) is 4.74 Å². The number of nitrogens with one attached hydrogen (secondary N) is 2. The fourth-order valence-electron chi connectivity index (χ4n) is 3.27. The summed E-state index contributed by atoms with van der Waals surface area (Å²) >= 11 is 0. The van der Waals surface area contributed by atoms with Gasteiger partial charge in [0.2, 0.25) is 10.0 Å². The van der Waals surface area contributed by atoms with Gasteiger partial charge in [-0.05, 0) is 26.0 Å². The van der Waals surface area contributed by atoms with Crippen molar-refractivity contribution in [3.63, 3.8) is 0 Å². The van der Waals surface area contributed by atoms with Crippen LogP contribution >= 0.6 is 0 Å². The maximum Gasteiger partial charge on any atom is 0.253 e. The number of sulfonamides is 1. The molecule has 0 bridgehead atoms. The molecule has 2 aromatic carbocycles. The average Bonchev–Trinajstić information content (AvgIpc) is 3.04. The molecule has 1 heterocycles. The van der Waals surface area contributed by atoms with Crippen LogP contribution in [0.25, 0.3) is 22.4 Å². The molecule has 0 saturated heterocycles. The summed E-state index contributed by atoms with van der Waals surface area (Å²) in [6, 6.07) is 12.6. The molecule has 8 nitrogen and oxygen atoms in total. The second kappa shape index (κ2) is 8.85. The number of methoxy groups -OCH3 is 1. The third kappa shape index (κ3) is 4.63. The van der Waals surface area contributed by atoms with Gasteiger partial charge in [0.15, 0.2) is 0 Å². The van der Waals surface area contributed by atoms with Gasteiger partial charge in [-0.25, -0.2) is 13.4 Å². The van der Waals surface area contributed by atoms with Crippen LogP contribution in [0, 0.1) is 0 Å². The van der Waals surface area contributed by atoms with E-state index in [2.05, 4.69) is 15.0 Å². The SMILES string of the molecule is CCS(=O)(=O)Nc1cc(C(=O)NC(C)COC)c2c(c1)nc(-c1ccccc1)n2C. The molecule has 0 spiro atoms. The smallest absolute Gasteiger partial charge is 0.253 e. The fraction of sp³-hybridized carbons (Fsp3) is 0.333. The number of anilines is 1. The number of aryl methyl sites for hydroxylation is 1. The summed E-state index contributed by atoms with van der Waals surface area (Å²) in [5.74, 6) is 0.277. The summed E-state index contributed by atoms with van der Waals surface area (Å²) in [4.78, 5) is 17.7. The lowest BCUT2D eigenvalue weighted by molar-refractivity contribution is 0.0907. The zero-order valence-corrected chi connectivity index (χ0v) is 18.3. The number of rotatable bonds is 8. The highest BCUT2D eigenvalue weighted by molar-refractivity contribution is 7.92. The lowest BCUT2D eigenvalue weighted by Gasteiger charge is -2.15. The quantitative estimate of drug-likeness (QED) is 0.572. The van der Waals surface area contributed by atoms with E-state index in [1.807, 2.05) is 48.9 Å². The lowest BCUT2D eigenvalue weighted by Crippen LogP contribution is -2.35. The van der Waals surface area contributed by atoms with Crippen LogP contribution in [-0.4, -0.2) is 49.4 Å². The number of aromatic nitrogens is 2. The van der Waals surface area contributed by atoms with E-state index in [9.17, 15) is 13.2 Å². The highest BCUT2D eigenvalue weighted by Gasteiger charge is 2.21. The number of imidazole rings is 1. The largest absolute Gasteiger partial charge is 0.383 e. The van der Waals surface area contributed by atoms with Gasteiger partial charge in [0.1, 0.15) is 5.82 Å². The molecule has 0 fully saturated rings. The molecule has 0 aliphatic carbocycles. The summed E-state index contributed by atoms with van der Waals surface area (Å²) in [6.07, 6.45) is 0. The van der Waals surface area contributed by atoms with Crippen molar-refractivity contribution in [3.05, 3.63) is 48.0 Å². The van der Waals surface area contributed by atoms with Crippen molar-refractivity contribution >= 4 is 32.7 Å². The zero-order valence-electron chi connectivity index (χ0n) is 17.5. The highest BCUT2D eigenvalue weighted by atomic mass is 32.2. The lowest BCUT2D eigenvalue weighted by atomic mass is 10.1. The molecular formula is C21H26N4O4S. The standard InChI is InChI=1S/C21H26N4O4S/c1-5-30(27,28)24-16-11-17(21(26)22-14(2)13-29-4)19-18(12-16)23-20(25(19)3)15-9-7-6-8-10-15/h6-12,14,24H,5,13H2,1-4H3,(H,22,26). The number of hydrogen-bond donors (Lipinski definition) is 2. The summed E-state index contributed by atoms with van der Waals surface area (Å²) in [6.45, 7) is 3.74. The predicted octanol–water partition coefficient (Wildman–Crippen LogP) is 2.77. The van der Waals surface area contributed by atoms with E-state index in [0.717, 1.165) is 5.56 Å². The van der Waals surface area contributed by atoms with E-state index in [-0.39, 0.29) is 17.7 Å². The van der Waals surface area contributed by atoms with Gasteiger partial charge in [0.05, 0.1) is 34.6 Å². The average molecular weight is 431 g/mol. The molecule has 0 radical (unpaired) electrons. The van der Waals surface area contributed by atoms with Crippen LogP contribution < -0.4 is 10.0 Å². The Morgan fingerprint density at radius 2 is 1.93 bits per heavy atom. The zero-order chi connectivity index (χ0) is 21.9. The molecule has 30 heavy (non-hydrogen) atoms. The van der Waals surface area contributed by atoms with E-state index < -0.39 is 10.0 Å². The minimum atomic E-state index is -3.51. The van der Waals surface area contributed by atoms with Crippen LogP contribution in [-0.2, 0) is 21.8 Å². The summed E-state index contributed by atoms with van der Waals surface area (Å²) in [7, 11) is -0.107. The Labute approximate surface area is 176 Å². The molecule has 0 aliphatic heterocycles. The van der Waals surface area contributed by atoms with E-state index in [0.29, 0.717) is 34.7 Å². The molecule has 3 aromatic rings. The maximum absolute atomic E-state index is 13.0. The predicted molar refractivity (Wildman–Crippen MR) is 118 cm³/mol. The first-order chi connectivity index (χ1) is 14.3. The van der Waals surface area contributed by atoms with Gasteiger partial charge in [-0.1, -0.05) is 30.3 Å². The highest BCUT2D eigenvalue weighted by Crippen LogP contribution is 2.29. The monoisotopic (exact) mass is 430 g/mol. The molecule has 1 unspecified atom stereocenters. The summed E-state index contributed by atoms with van der Waals surface area (Å²) in [5.41, 5.74) is 2.67. The van der Waals surface area contributed by atoms with Gasteiger partial charge in [-0.3, -0.25) is 9.52 Å². The minimum Gasteiger partial charge on any atom is -0.383 e. The van der Waals surface area contributed by atoms with Gasteiger partial charge >= 0.3 is 0 Å². The van der Waals surface area contributed by atoms with Gasteiger partial charge < -0.3 is 14.6 Å². The topological polar surface area (TPSA) is 102 Å². The molecule has 1 amide bonds. The number of carbonyl (C=O) groups excluding carboxylic acids is 1. The van der Waals surface area contributed by atoms with Crippen molar-refractivity contribution in [1.29, 1.82) is 0 Å². The second-order valence-corrected chi connectivity index (χ2v) is 9.10. The van der Waals surface area contributed by atoms with Crippen molar-refractivity contribution in [2.24, 2.45) is 7.05 Å². The van der Waals surface area contributed by atoms with Crippen molar-refractivity contribution in [2.75, 3.05) is 24.2 Å². The fourth-order valence-corrected chi connectivity index (χ4v) is 3.90.